The molecular weight excluding hydrogens is 583 g/mol. The molecule has 284 valence electrons. The molecule has 0 heterocycles. The zero-order valence-electron chi connectivity index (χ0n) is 33.9. The monoisotopic (exact) mass is 672 g/mol. The van der Waals surface area contributed by atoms with E-state index in [0.717, 1.165) is 54.0 Å². The van der Waals surface area contributed by atoms with Crippen LogP contribution in [0.2, 0.25) is 0 Å². The average molecular weight is 672 g/mol. The standard InChI is InChI=1S/C45H89N3/c1-7-11-15-19-20-24-30-47(33-37(5)25-21-16-12-8-2)35-39-28-29-42-40-31-43(45(39)42)44(32-40)48(34-38(6)26-22-17-13-9-3)36-41(46)27-23-18-14-10-4/h37-45H,7-36,46H2,1-6H3. The van der Waals surface area contributed by atoms with E-state index >= 15 is 0 Å². The zero-order chi connectivity index (χ0) is 34.6. The fraction of sp³-hybridized carbons (Fsp3) is 1.00. The van der Waals surface area contributed by atoms with Gasteiger partial charge in [0.05, 0.1) is 0 Å². The van der Waals surface area contributed by atoms with Crippen LogP contribution in [0.5, 0.6) is 0 Å². The Bertz CT molecular complexity index is 749. The molecule has 0 radical (unpaired) electrons. The molecule has 3 fully saturated rings. The third-order valence-corrected chi connectivity index (χ3v) is 13.5. The van der Waals surface area contributed by atoms with Gasteiger partial charge in [-0.05, 0) is 99.3 Å². The van der Waals surface area contributed by atoms with E-state index < -0.39 is 0 Å². The Morgan fingerprint density at radius 3 is 1.73 bits per heavy atom. The van der Waals surface area contributed by atoms with Crippen molar-refractivity contribution < 1.29 is 0 Å². The van der Waals surface area contributed by atoms with Gasteiger partial charge in [0.15, 0.2) is 0 Å². The molecule has 0 aliphatic heterocycles. The predicted molar refractivity (Wildman–Crippen MR) is 214 cm³/mol. The Kier molecular flexibility index (Phi) is 22.0. The summed E-state index contributed by atoms with van der Waals surface area (Å²) in [6, 6.07) is 1.16. The minimum absolute atomic E-state index is 0.357. The number of nitrogens with zero attached hydrogens (tertiary/aromatic N) is 2. The summed E-state index contributed by atoms with van der Waals surface area (Å²) in [5.74, 6) is 6.56. The molecule has 3 nitrogen and oxygen atoms in total. The second-order valence-electron chi connectivity index (χ2n) is 18.0. The van der Waals surface area contributed by atoms with Crippen LogP contribution in [0.25, 0.3) is 0 Å². The Labute approximate surface area is 303 Å². The molecule has 0 aromatic carbocycles. The number of fused-ring (bicyclic) bond motifs is 5. The van der Waals surface area contributed by atoms with Gasteiger partial charge in [-0.3, -0.25) is 4.90 Å². The lowest BCUT2D eigenvalue weighted by Gasteiger charge is -2.43. The fourth-order valence-corrected chi connectivity index (χ4v) is 11.0. The highest BCUT2D eigenvalue weighted by atomic mass is 15.2. The van der Waals surface area contributed by atoms with Crippen molar-refractivity contribution in [3.8, 4) is 0 Å². The maximum Gasteiger partial charge on any atom is 0.0167 e. The first-order valence-corrected chi connectivity index (χ1v) is 22.6. The van der Waals surface area contributed by atoms with Gasteiger partial charge in [0, 0.05) is 38.3 Å². The van der Waals surface area contributed by atoms with Gasteiger partial charge in [-0.2, -0.15) is 0 Å². The Hall–Kier alpha value is -0.120. The maximum atomic E-state index is 6.97. The third-order valence-electron chi connectivity index (χ3n) is 13.5. The Morgan fingerprint density at radius 1 is 0.562 bits per heavy atom. The number of hydrogen-bond acceptors (Lipinski definition) is 3. The van der Waals surface area contributed by atoms with Crippen molar-refractivity contribution in [2.75, 3.05) is 32.7 Å². The van der Waals surface area contributed by atoms with E-state index in [9.17, 15) is 0 Å². The van der Waals surface area contributed by atoms with E-state index in [0.29, 0.717) is 6.04 Å². The lowest BCUT2D eigenvalue weighted by Crippen LogP contribution is -2.50. The van der Waals surface area contributed by atoms with Crippen molar-refractivity contribution in [1.29, 1.82) is 0 Å². The van der Waals surface area contributed by atoms with Gasteiger partial charge in [0.2, 0.25) is 0 Å². The molecule has 0 spiro atoms. The second kappa shape index (κ2) is 25.0. The van der Waals surface area contributed by atoms with E-state index in [1.807, 2.05) is 0 Å². The first-order valence-electron chi connectivity index (χ1n) is 22.6. The highest BCUT2D eigenvalue weighted by molar-refractivity contribution is 5.09. The summed E-state index contributed by atoms with van der Waals surface area (Å²) in [5.41, 5.74) is 6.97. The number of rotatable bonds is 31. The summed E-state index contributed by atoms with van der Waals surface area (Å²) in [7, 11) is 0. The molecule has 9 unspecified atom stereocenters. The molecule has 2 bridgehead atoms. The summed E-state index contributed by atoms with van der Waals surface area (Å²) in [4.78, 5) is 6.01. The van der Waals surface area contributed by atoms with E-state index in [1.54, 1.807) is 0 Å². The van der Waals surface area contributed by atoms with Crippen molar-refractivity contribution >= 4 is 0 Å². The van der Waals surface area contributed by atoms with Gasteiger partial charge >= 0.3 is 0 Å². The first-order chi connectivity index (χ1) is 23.4. The van der Waals surface area contributed by atoms with Crippen molar-refractivity contribution in [3.05, 3.63) is 0 Å². The summed E-state index contributed by atoms with van der Waals surface area (Å²) in [5, 5.41) is 0. The molecule has 0 aromatic heterocycles. The highest BCUT2D eigenvalue weighted by Crippen LogP contribution is 2.62. The van der Waals surface area contributed by atoms with Crippen molar-refractivity contribution in [1.82, 2.24) is 9.80 Å². The first kappa shape index (κ1) is 42.3. The summed E-state index contributed by atoms with van der Waals surface area (Å²) in [6.07, 6.45) is 35.3. The van der Waals surface area contributed by atoms with Crippen LogP contribution in [0.15, 0.2) is 0 Å². The van der Waals surface area contributed by atoms with Crippen LogP contribution in [-0.4, -0.2) is 54.6 Å². The normalized spacial score (nSPS) is 26.9. The second-order valence-corrected chi connectivity index (χ2v) is 18.0. The van der Waals surface area contributed by atoms with Gasteiger partial charge < -0.3 is 10.6 Å². The van der Waals surface area contributed by atoms with Crippen molar-refractivity contribution in [3.63, 3.8) is 0 Å². The van der Waals surface area contributed by atoms with Crippen LogP contribution in [0.3, 0.4) is 0 Å². The van der Waals surface area contributed by atoms with Gasteiger partial charge in [0.1, 0.15) is 0 Å². The smallest absolute Gasteiger partial charge is 0.0167 e. The molecule has 0 amide bonds. The van der Waals surface area contributed by atoms with Crippen LogP contribution in [0.4, 0.5) is 0 Å². The van der Waals surface area contributed by atoms with Crippen LogP contribution in [0, 0.1) is 41.4 Å². The van der Waals surface area contributed by atoms with Gasteiger partial charge in [-0.15, -0.1) is 0 Å². The van der Waals surface area contributed by atoms with Crippen LogP contribution < -0.4 is 5.73 Å². The van der Waals surface area contributed by atoms with Gasteiger partial charge in [-0.1, -0.05) is 151 Å². The quantitative estimate of drug-likeness (QED) is 0.0745. The van der Waals surface area contributed by atoms with Crippen LogP contribution in [0.1, 0.15) is 202 Å². The zero-order valence-corrected chi connectivity index (χ0v) is 33.9. The number of nitrogens with two attached hydrogens (primary N) is 1. The fourth-order valence-electron chi connectivity index (χ4n) is 11.0. The minimum atomic E-state index is 0.357. The van der Waals surface area contributed by atoms with Crippen molar-refractivity contribution in [2.24, 2.45) is 47.2 Å². The number of unbranched alkanes of at least 4 members (excludes halogenated alkanes) is 14. The largest absolute Gasteiger partial charge is 0.327 e. The highest BCUT2D eigenvalue weighted by Gasteiger charge is 2.58. The molecule has 0 saturated heterocycles. The SMILES string of the molecule is CCCCCCCCN(CC(C)CCCCCC)CC1CCC2C3CC(C12)C(N(CC(C)CCCCCC)CC(N)CCCCCC)C3. The molecule has 3 aliphatic rings. The summed E-state index contributed by atoms with van der Waals surface area (Å²) >= 11 is 0. The van der Waals surface area contributed by atoms with Crippen molar-refractivity contribution in [2.45, 2.75) is 214 Å². The lowest BCUT2D eigenvalue weighted by atomic mass is 9.74. The van der Waals surface area contributed by atoms with Crippen LogP contribution >= 0.6 is 0 Å². The molecular formula is C45H89N3. The van der Waals surface area contributed by atoms with Gasteiger partial charge in [-0.25, -0.2) is 0 Å². The summed E-state index contributed by atoms with van der Waals surface area (Å²) in [6.45, 7) is 21.0. The molecule has 3 heteroatoms. The lowest BCUT2D eigenvalue weighted by molar-refractivity contribution is 0.0524. The maximum absolute atomic E-state index is 6.97. The molecule has 3 rings (SSSR count). The molecule has 2 N–H and O–H groups in total. The third kappa shape index (κ3) is 14.9. The van der Waals surface area contributed by atoms with Crippen LogP contribution in [-0.2, 0) is 0 Å². The minimum Gasteiger partial charge on any atom is -0.327 e. The molecule has 9 atom stereocenters. The topological polar surface area (TPSA) is 32.5 Å². The molecule has 3 saturated carbocycles. The predicted octanol–water partition coefficient (Wildman–Crippen LogP) is 12.5. The van der Waals surface area contributed by atoms with E-state index in [-0.39, 0.29) is 0 Å². The molecule has 48 heavy (non-hydrogen) atoms. The van der Waals surface area contributed by atoms with E-state index in [2.05, 4.69) is 51.3 Å². The molecule has 3 aliphatic carbocycles. The molecule has 0 aromatic rings. The van der Waals surface area contributed by atoms with Gasteiger partial charge in [0.25, 0.3) is 0 Å². The van der Waals surface area contributed by atoms with E-state index in [1.165, 1.54) is 187 Å². The summed E-state index contributed by atoms with van der Waals surface area (Å²) < 4.78 is 0. The average Bonchev–Trinajstić information content (AvgIpc) is 3.79. The Balaban J connectivity index is 1.65. The number of hydrogen-bond donors (Lipinski definition) is 1. The van der Waals surface area contributed by atoms with E-state index in [4.69, 9.17) is 5.73 Å². The Morgan fingerprint density at radius 2 is 1.10 bits per heavy atom.